The predicted molar refractivity (Wildman–Crippen MR) is 126 cm³/mol. The lowest BCUT2D eigenvalue weighted by Gasteiger charge is -2.12. The second kappa shape index (κ2) is 9.56. The summed E-state index contributed by atoms with van der Waals surface area (Å²) < 4.78 is 1.94. The average Bonchev–Trinajstić information content (AvgIpc) is 3.00. The van der Waals surface area contributed by atoms with Gasteiger partial charge in [0.1, 0.15) is 0 Å². The number of hydrogen-bond acceptors (Lipinski definition) is 3. The Balaban J connectivity index is 1.72. The first-order chi connectivity index (χ1) is 14.7. The van der Waals surface area contributed by atoms with Crippen LogP contribution in [0.1, 0.15) is 22.5 Å². The number of carbonyl (C=O) groups is 2. The minimum Gasteiger partial charge on any atom is -0.317 e. The number of carbonyl (C=O) groups excluding carboxylic acids is 2. The van der Waals surface area contributed by atoms with Crippen molar-refractivity contribution in [1.29, 1.82) is 0 Å². The molecule has 0 saturated heterocycles. The van der Waals surface area contributed by atoms with E-state index >= 15 is 0 Å². The molecule has 0 fully saturated rings. The van der Waals surface area contributed by atoms with E-state index in [0.29, 0.717) is 20.8 Å². The van der Waals surface area contributed by atoms with Crippen LogP contribution in [0.2, 0.25) is 15.1 Å². The first-order valence-corrected chi connectivity index (χ1v) is 10.4. The Labute approximate surface area is 194 Å². The number of hydrogen-bond donors (Lipinski definition) is 2. The largest absolute Gasteiger partial charge is 0.329 e. The van der Waals surface area contributed by atoms with Crippen molar-refractivity contribution < 1.29 is 9.59 Å². The van der Waals surface area contributed by atoms with Crippen LogP contribution >= 0.6 is 34.8 Å². The molecule has 0 spiro atoms. The molecule has 1 heterocycles. The van der Waals surface area contributed by atoms with E-state index < -0.39 is 11.8 Å². The van der Waals surface area contributed by atoms with Gasteiger partial charge in [-0.05, 0) is 56.7 Å². The summed E-state index contributed by atoms with van der Waals surface area (Å²) in [5, 5.41) is 7.77. The summed E-state index contributed by atoms with van der Waals surface area (Å²) in [5.41, 5.74) is 6.71. The molecule has 3 rings (SSSR count). The maximum Gasteiger partial charge on any atom is 0.329 e. The molecule has 0 aliphatic heterocycles. The highest BCUT2D eigenvalue weighted by Gasteiger charge is 2.16. The molecule has 0 aliphatic carbocycles. The maximum absolute atomic E-state index is 12.1. The van der Waals surface area contributed by atoms with Crippen molar-refractivity contribution in [3.8, 4) is 5.69 Å². The second-order valence-corrected chi connectivity index (χ2v) is 8.07. The van der Waals surface area contributed by atoms with Crippen LogP contribution in [0.4, 0.5) is 5.69 Å². The van der Waals surface area contributed by atoms with E-state index in [9.17, 15) is 9.59 Å². The fraction of sp³-hybridized carbons (Fsp3) is 0.136. The van der Waals surface area contributed by atoms with Crippen molar-refractivity contribution in [2.24, 2.45) is 5.10 Å². The molecule has 0 atom stereocenters. The first kappa shape index (κ1) is 22.9. The fourth-order valence-corrected chi connectivity index (χ4v) is 3.63. The minimum absolute atomic E-state index is 0.440. The van der Waals surface area contributed by atoms with Gasteiger partial charge in [-0.25, -0.2) is 5.43 Å². The molecule has 2 amide bonds. The topological polar surface area (TPSA) is 75.5 Å². The number of benzene rings is 2. The van der Waals surface area contributed by atoms with Gasteiger partial charge in [0, 0.05) is 27.7 Å². The Morgan fingerprint density at radius 3 is 2.48 bits per heavy atom. The summed E-state index contributed by atoms with van der Waals surface area (Å²) in [6.45, 7) is 5.60. The van der Waals surface area contributed by atoms with Crippen molar-refractivity contribution in [3.05, 3.63) is 80.0 Å². The highest BCUT2D eigenvalue weighted by molar-refractivity contribution is 6.43. The van der Waals surface area contributed by atoms with Crippen LogP contribution in [0, 0.1) is 20.8 Å². The molecule has 0 bridgehead atoms. The minimum atomic E-state index is -0.901. The highest BCUT2D eigenvalue weighted by atomic mass is 35.5. The smallest absolute Gasteiger partial charge is 0.317 e. The van der Waals surface area contributed by atoms with Crippen LogP contribution in [0.3, 0.4) is 0 Å². The van der Waals surface area contributed by atoms with Gasteiger partial charge >= 0.3 is 11.8 Å². The zero-order valence-corrected chi connectivity index (χ0v) is 19.2. The second-order valence-electron chi connectivity index (χ2n) is 6.85. The number of hydrazone groups is 1. The summed E-state index contributed by atoms with van der Waals surface area (Å²) in [5.74, 6) is -1.75. The van der Waals surface area contributed by atoms with Crippen LogP contribution < -0.4 is 10.7 Å². The SMILES string of the molecule is Cc1ccc(Cl)cc1NC(=O)C(=O)N/N=C\c1cc(C)n(-c2cccc(Cl)c2Cl)c1C. The van der Waals surface area contributed by atoms with Crippen molar-refractivity contribution in [2.75, 3.05) is 5.32 Å². The maximum atomic E-state index is 12.1. The number of aryl methyl sites for hydroxylation is 2. The lowest BCUT2D eigenvalue weighted by molar-refractivity contribution is -0.136. The Hall–Kier alpha value is -2.80. The molecule has 0 saturated carbocycles. The van der Waals surface area contributed by atoms with Gasteiger partial charge in [0.05, 0.1) is 21.9 Å². The van der Waals surface area contributed by atoms with Gasteiger partial charge in [0.25, 0.3) is 0 Å². The molecule has 2 aromatic carbocycles. The molecule has 0 unspecified atom stereocenters. The Morgan fingerprint density at radius 1 is 1.00 bits per heavy atom. The van der Waals surface area contributed by atoms with Crippen LogP contribution in [0.15, 0.2) is 47.6 Å². The Morgan fingerprint density at radius 2 is 1.74 bits per heavy atom. The van der Waals surface area contributed by atoms with Gasteiger partial charge in [-0.2, -0.15) is 5.10 Å². The van der Waals surface area contributed by atoms with Crippen molar-refractivity contribution in [1.82, 2.24) is 9.99 Å². The Bertz CT molecular complexity index is 1200. The number of rotatable bonds is 4. The molecular formula is C22H19Cl3N4O2. The van der Waals surface area contributed by atoms with Gasteiger partial charge < -0.3 is 9.88 Å². The van der Waals surface area contributed by atoms with E-state index in [1.165, 1.54) is 6.21 Å². The average molecular weight is 478 g/mol. The van der Waals surface area contributed by atoms with Crippen molar-refractivity contribution >= 4 is 58.5 Å². The number of aromatic nitrogens is 1. The summed E-state index contributed by atoms with van der Waals surface area (Å²) in [4.78, 5) is 24.2. The predicted octanol–water partition coefficient (Wildman–Crippen LogP) is 5.45. The molecule has 6 nitrogen and oxygen atoms in total. The zero-order valence-electron chi connectivity index (χ0n) is 17.0. The lowest BCUT2D eigenvalue weighted by Crippen LogP contribution is -2.32. The Kier molecular flexibility index (Phi) is 7.05. The molecule has 9 heteroatoms. The zero-order chi connectivity index (χ0) is 22.7. The number of halogens is 3. The van der Waals surface area contributed by atoms with Gasteiger partial charge in [-0.1, -0.05) is 46.9 Å². The van der Waals surface area contributed by atoms with Gasteiger partial charge in [0.2, 0.25) is 0 Å². The van der Waals surface area contributed by atoms with Crippen LogP contribution in [0.25, 0.3) is 5.69 Å². The van der Waals surface area contributed by atoms with Crippen LogP contribution in [-0.4, -0.2) is 22.6 Å². The first-order valence-electron chi connectivity index (χ1n) is 9.23. The van der Waals surface area contributed by atoms with Gasteiger partial charge in [-0.15, -0.1) is 0 Å². The van der Waals surface area contributed by atoms with E-state index in [0.717, 1.165) is 28.2 Å². The summed E-state index contributed by atoms with van der Waals surface area (Å²) >= 11 is 18.4. The standard InChI is InChI=1S/C22H19Cl3N4O2/c1-12-7-8-16(23)10-18(12)27-21(30)22(31)28-26-11-15-9-13(2)29(14(15)3)19-6-4-5-17(24)20(19)25/h4-11H,1-3H3,(H,27,30)(H,28,31)/b26-11-. The number of anilines is 1. The number of amides is 2. The molecule has 2 N–H and O–H groups in total. The highest BCUT2D eigenvalue weighted by Crippen LogP contribution is 2.31. The van der Waals surface area contributed by atoms with Crippen LogP contribution in [-0.2, 0) is 9.59 Å². The van der Waals surface area contributed by atoms with E-state index in [1.54, 1.807) is 31.2 Å². The summed E-state index contributed by atoms with van der Waals surface area (Å²) in [6.07, 6.45) is 1.47. The van der Waals surface area contributed by atoms with E-state index in [1.807, 2.05) is 36.6 Å². The molecular weight excluding hydrogens is 459 g/mol. The fourth-order valence-electron chi connectivity index (χ4n) is 3.07. The van der Waals surface area contributed by atoms with Crippen molar-refractivity contribution in [3.63, 3.8) is 0 Å². The summed E-state index contributed by atoms with van der Waals surface area (Å²) in [7, 11) is 0. The molecule has 160 valence electrons. The van der Waals surface area contributed by atoms with E-state index in [4.69, 9.17) is 34.8 Å². The molecule has 31 heavy (non-hydrogen) atoms. The van der Waals surface area contributed by atoms with Gasteiger partial charge in [-0.3, -0.25) is 9.59 Å². The third kappa shape index (κ3) is 5.10. The lowest BCUT2D eigenvalue weighted by atomic mass is 10.2. The molecule has 0 radical (unpaired) electrons. The monoisotopic (exact) mass is 476 g/mol. The third-order valence-corrected chi connectivity index (χ3v) is 5.71. The van der Waals surface area contributed by atoms with E-state index in [2.05, 4.69) is 15.8 Å². The van der Waals surface area contributed by atoms with Crippen LogP contribution in [0.5, 0.6) is 0 Å². The van der Waals surface area contributed by atoms with Gasteiger partial charge in [0.15, 0.2) is 0 Å². The number of nitrogens with zero attached hydrogens (tertiary/aromatic N) is 2. The summed E-state index contributed by atoms with van der Waals surface area (Å²) in [6, 6.07) is 12.3. The normalized spacial score (nSPS) is 11.0. The third-order valence-electron chi connectivity index (χ3n) is 4.67. The molecule has 1 aromatic heterocycles. The quantitative estimate of drug-likeness (QED) is 0.298. The van der Waals surface area contributed by atoms with Crippen molar-refractivity contribution in [2.45, 2.75) is 20.8 Å². The van der Waals surface area contributed by atoms with E-state index in [-0.39, 0.29) is 0 Å². The number of nitrogens with one attached hydrogen (secondary N) is 2. The molecule has 3 aromatic rings. The molecule has 0 aliphatic rings.